The second-order valence-electron chi connectivity index (χ2n) is 4.65. The fraction of sp³-hybridized carbons (Fsp3) is 0.125. The minimum absolute atomic E-state index is 0.162. The first-order chi connectivity index (χ1) is 10.6. The largest absolute Gasteiger partial charge is 0.464 e. The molecule has 0 atom stereocenters. The number of aromatic nitrogens is 2. The fourth-order valence-electron chi connectivity index (χ4n) is 2.15. The number of halogens is 1. The lowest BCUT2D eigenvalue weighted by Crippen LogP contribution is -2.04. The maximum Gasteiger partial charge on any atom is 0.360 e. The van der Waals surface area contributed by atoms with E-state index >= 15 is 0 Å². The predicted octanol–water partition coefficient (Wildman–Crippen LogP) is 3.90. The second-order valence-corrected chi connectivity index (χ2v) is 5.47. The van der Waals surface area contributed by atoms with Gasteiger partial charge in [0.25, 0.3) is 0 Å². The Kier molecular flexibility index (Phi) is 3.85. The van der Waals surface area contributed by atoms with Crippen molar-refractivity contribution in [1.29, 1.82) is 0 Å². The molecule has 2 aromatic heterocycles. The monoisotopic (exact) mass is 360 g/mol. The summed E-state index contributed by atoms with van der Waals surface area (Å²) in [5.41, 5.74) is 1.70. The zero-order valence-corrected chi connectivity index (χ0v) is 13.6. The minimum Gasteiger partial charge on any atom is -0.464 e. The molecule has 0 saturated carbocycles. The Morgan fingerprint density at radius 2 is 1.95 bits per heavy atom. The molecule has 0 unspecified atom stereocenters. The molecule has 112 valence electrons. The molecule has 0 N–H and O–H groups in total. The second kappa shape index (κ2) is 5.81. The maximum atomic E-state index is 12.0. The third-order valence-electron chi connectivity index (χ3n) is 3.32. The number of methoxy groups -OCH3 is 1. The van der Waals surface area contributed by atoms with Crippen molar-refractivity contribution in [3.8, 4) is 22.9 Å². The molecule has 1 aromatic carbocycles. The van der Waals surface area contributed by atoms with E-state index in [1.165, 1.54) is 7.11 Å². The van der Waals surface area contributed by atoms with Gasteiger partial charge in [-0.25, -0.2) is 9.78 Å². The molecule has 0 spiro atoms. The van der Waals surface area contributed by atoms with Gasteiger partial charge in [0.05, 0.1) is 17.4 Å². The molecule has 3 aromatic rings. The van der Waals surface area contributed by atoms with Crippen LogP contribution in [-0.2, 0) is 11.8 Å². The Hall–Kier alpha value is -2.34. The summed E-state index contributed by atoms with van der Waals surface area (Å²) in [4.78, 5) is 16.3. The van der Waals surface area contributed by atoms with Gasteiger partial charge in [0, 0.05) is 12.6 Å². The molecular weight excluding hydrogens is 348 g/mol. The summed E-state index contributed by atoms with van der Waals surface area (Å²) in [5.74, 6) is 0.241. The summed E-state index contributed by atoms with van der Waals surface area (Å²) in [5, 5.41) is 0. The average Bonchev–Trinajstić information content (AvgIpc) is 3.12. The first kappa shape index (κ1) is 14.6. The van der Waals surface area contributed by atoms with Gasteiger partial charge in [-0.05, 0) is 40.2 Å². The molecule has 0 aliphatic carbocycles. The quantitative estimate of drug-likeness (QED) is 0.664. The van der Waals surface area contributed by atoms with E-state index in [0.717, 1.165) is 15.9 Å². The number of hydrogen-bond acceptors (Lipinski definition) is 4. The molecule has 5 nitrogen and oxygen atoms in total. The minimum atomic E-state index is -0.529. The van der Waals surface area contributed by atoms with Crippen LogP contribution in [0.15, 0.2) is 51.5 Å². The summed E-state index contributed by atoms with van der Waals surface area (Å²) < 4.78 is 13.4. The highest BCUT2D eigenvalue weighted by atomic mass is 79.9. The maximum absolute atomic E-state index is 12.0. The normalized spacial score (nSPS) is 10.7. The summed E-state index contributed by atoms with van der Waals surface area (Å²) in [6.07, 6.45) is 0. The number of nitrogens with zero attached hydrogens (tertiary/aromatic N) is 2. The van der Waals surface area contributed by atoms with E-state index < -0.39 is 5.97 Å². The highest BCUT2D eigenvalue weighted by molar-refractivity contribution is 9.10. The summed E-state index contributed by atoms with van der Waals surface area (Å²) >= 11 is 3.43. The van der Waals surface area contributed by atoms with Crippen molar-refractivity contribution in [2.75, 3.05) is 7.11 Å². The van der Waals surface area contributed by atoms with Crippen LogP contribution in [0.2, 0.25) is 0 Å². The fourth-order valence-corrected chi connectivity index (χ4v) is 2.47. The number of carbonyl (C=O) groups is 1. The topological polar surface area (TPSA) is 57.3 Å². The van der Waals surface area contributed by atoms with Crippen LogP contribution >= 0.6 is 15.9 Å². The Bertz CT molecular complexity index is 821. The molecule has 0 amide bonds. The van der Waals surface area contributed by atoms with Gasteiger partial charge in [-0.2, -0.15) is 0 Å². The van der Waals surface area contributed by atoms with Crippen LogP contribution in [0, 0.1) is 0 Å². The predicted molar refractivity (Wildman–Crippen MR) is 85.4 cm³/mol. The Morgan fingerprint density at radius 3 is 2.55 bits per heavy atom. The highest BCUT2D eigenvalue weighted by Gasteiger charge is 2.24. The zero-order chi connectivity index (χ0) is 15.7. The molecule has 3 rings (SSSR count). The van der Waals surface area contributed by atoms with Crippen molar-refractivity contribution in [3.05, 3.63) is 52.8 Å². The number of rotatable bonds is 3. The first-order valence-corrected chi connectivity index (χ1v) is 7.37. The van der Waals surface area contributed by atoms with E-state index in [1.54, 1.807) is 0 Å². The van der Waals surface area contributed by atoms with E-state index in [4.69, 9.17) is 9.15 Å². The van der Waals surface area contributed by atoms with Gasteiger partial charge < -0.3 is 13.7 Å². The molecule has 0 bridgehead atoms. The van der Waals surface area contributed by atoms with Crippen LogP contribution < -0.4 is 0 Å². The van der Waals surface area contributed by atoms with Crippen molar-refractivity contribution >= 4 is 21.9 Å². The summed E-state index contributed by atoms with van der Waals surface area (Å²) in [6.45, 7) is 0. The molecule has 0 fully saturated rings. The molecule has 0 radical (unpaired) electrons. The lowest BCUT2D eigenvalue weighted by atomic mass is 10.2. The van der Waals surface area contributed by atoms with E-state index in [9.17, 15) is 4.79 Å². The van der Waals surface area contributed by atoms with Gasteiger partial charge in [0.2, 0.25) is 5.89 Å². The molecule has 22 heavy (non-hydrogen) atoms. The molecule has 0 saturated heterocycles. The van der Waals surface area contributed by atoms with Gasteiger partial charge in [0.1, 0.15) is 0 Å². The number of esters is 1. The van der Waals surface area contributed by atoms with Gasteiger partial charge in [0.15, 0.2) is 11.5 Å². The third kappa shape index (κ3) is 2.46. The van der Waals surface area contributed by atoms with Crippen molar-refractivity contribution in [2.24, 2.45) is 7.05 Å². The smallest absolute Gasteiger partial charge is 0.360 e. The van der Waals surface area contributed by atoms with Crippen LogP contribution in [0.1, 0.15) is 10.5 Å². The molecule has 6 heteroatoms. The number of hydrogen-bond donors (Lipinski definition) is 0. The van der Waals surface area contributed by atoms with Crippen molar-refractivity contribution < 1.29 is 13.9 Å². The average molecular weight is 361 g/mol. The zero-order valence-electron chi connectivity index (χ0n) is 12.0. The van der Waals surface area contributed by atoms with Gasteiger partial charge in [-0.1, -0.05) is 18.2 Å². The lowest BCUT2D eigenvalue weighted by molar-refractivity contribution is 0.0595. The van der Waals surface area contributed by atoms with Crippen molar-refractivity contribution in [1.82, 2.24) is 9.55 Å². The summed E-state index contributed by atoms with van der Waals surface area (Å²) in [6, 6.07) is 13.2. The molecule has 2 heterocycles. The summed E-state index contributed by atoms with van der Waals surface area (Å²) in [7, 11) is 3.19. The van der Waals surface area contributed by atoms with Crippen LogP contribution in [0.25, 0.3) is 22.9 Å². The Balaban J connectivity index is 2.18. The van der Waals surface area contributed by atoms with Crippen LogP contribution in [-0.4, -0.2) is 22.6 Å². The third-order valence-corrected chi connectivity index (χ3v) is 4.12. The van der Waals surface area contributed by atoms with E-state index in [-0.39, 0.29) is 5.69 Å². The van der Waals surface area contributed by atoms with E-state index in [2.05, 4.69) is 20.9 Å². The van der Waals surface area contributed by atoms with Crippen LogP contribution in [0.4, 0.5) is 0 Å². The lowest BCUT2D eigenvalue weighted by Gasteiger charge is -2.02. The van der Waals surface area contributed by atoms with E-state index in [1.807, 2.05) is 54.1 Å². The van der Waals surface area contributed by atoms with Crippen molar-refractivity contribution in [3.63, 3.8) is 0 Å². The standard InChI is InChI=1S/C16H13BrN2O3/c1-19-11(8-9-12(19)17)14-13(16(20)21-2)18-15(22-14)10-6-4-3-5-7-10/h3-9H,1-2H3. The molecule has 0 aliphatic rings. The van der Waals surface area contributed by atoms with Crippen LogP contribution in [0.3, 0.4) is 0 Å². The number of carbonyl (C=O) groups excluding carboxylic acids is 1. The molecular formula is C16H13BrN2O3. The van der Waals surface area contributed by atoms with Gasteiger partial charge in [-0.3, -0.25) is 0 Å². The SMILES string of the molecule is COC(=O)c1nc(-c2ccccc2)oc1-c1ccc(Br)n1C. The molecule has 0 aliphatic heterocycles. The van der Waals surface area contributed by atoms with Gasteiger partial charge in [-0.15, -0.1) is 0 Å². The van der Waals surface area contributed by atoms with E-state index in [0.29, 0.717) is 11.7 Å². The van der Waals surface area contributed by atoms with Crippen molar-refractivity contribution in [2.45, 2.75) is 0 Å². The Labute approximate surface area is 135 Å². The van der Waals surface area contributed by atoms with Crippen LogP contribution in [0.5, 0.6) is 0 Å². The Morgan fingerprint density at radius 1 is 1.23 bits per heavy atom. The van der Waals surface area contributed by atoms with Gasteiger partial charge >= 0.3 is 5.97 Å². The first-order valence-electron chi connectivity index (χ1n) is 6.58. The number of oxazole rings is 1. The number of ether oxygens (including phenoxy) is 1. The number of benzene rings is 1. The highest BCUT2D eigenvalue weighted by Crippen LogP contribution is 2.32.